The van der Waals surface area contributed by atoms with Crippen LogP contribution in [0.4, 0.5) is 0 Å². The van der Waals surface area contributed by atoms with Gasteiger partial charge in [-0.25, -0.2) is 0 Å². The molecule has 88 valence electrons. The number of hydrogen-bond acceptors (Lipinski definition) is 1. The molecule has 0 aromatic heterocycles. The highest BCUT2D eigenvalue weighted by atomic mass is 15.2. The highest BCUT2D eigenvalue weighted by Gasteiger charge is 2.38. The zero-order chi connectivity index (χ0) is 12.2. The molecule has 0 atom stereocenters. The van der Waals surface area contributed by atoms with E-state index in [4.69, 9.17) is 12.8 Å². The van der Waals surface area contributed by atoms with Gasteiger partial charge in [0.05, 0.1) is 13.1 Å². The van der Waals surface area contributed by atoms with Gasteiger partial charge < -0.3 is 0 Å². The molecule has 0 N–H and O–H groups in total. The highest BCUT2D eigenvalue weighted by Crippen LogP contribution is 2.42. The lowest BCUT2D eigenvalue weighted by atomic mass is 9.69. The van der Waals surface area contributed by atoms with Crippen molar-refractivity contribution in [1.29, 1.82) is 0 Å². The molecule has 0 spiro atoms. The van der Waals surface area contributed by atoms with Gasteiger partial charge >= 0.3 is 0 Å². The Balaban J connectivity index is 2.70. The molecule has 1 heteroatoms. The van der Waals surface area contributed by atoms with E-state index in [0.29, 0.717) is 18.5 Å². The first-order chi connectivity index (χ1) is 7.43. The Kier molecular flexibility index (Phi) is 4.06. The van der Waals surface area contributed by atoms with Crippen LogP contribution in [-0.2, 0) is 0 Å². The minimum Gasteiger partial charge on any atom is -0.276 e. The molecule has 16 heavy (non-hydrogen) atoms. The maximum absolute atomic E-state index is 5.42. The van der Waals surface area contributed by atoms with E-state index in [0.717, 1.165) is 0 Å². The van der Waals surface area contributed by atoms with Gasteiger partial charge in [0.25, 0.3) is 0 Å². The van der Waals surface area contributed by atoms with Gasteiger partial charge in [-0.2, -0.15) is 0 Å². The van der Waals surface area contributed by atoms with Gasteiger partial charge in [-0.05, 0) is 38.0 Å². The van der Waals surface area contributed by atoms with Crippen molar-refractivity contribution in [3.8, 4) is 24.7 Å². The van der Waals surface area contributed by atoms with Crippen LogP contribution in [0, 0.1) is 30.1 Å². The molecule has 1 aliphatic carbocycles. The van der Waals surface area contributed by atoms with Crippen LogP contribution in [0.15, 0.2) is 0 Å². The summed E-state index contributed by atoms with van der Waals surface area (Å²) in [4.78, 5) is 2.28. The molecule has 0 unspecified atom stereocenters. The molecule has 0 heterocycles. The first-order valence-corrected chi connectivity index (χ1v) is 6.05. The smallest absolute Gasteiger partial charge is 0.0612 e. The fourth-order valence-corrected chi connectivity index (χ4v) is 2.44. The first-order valence-electron chi connectivity index (χ1n) is 6.05. The molecular formula is C15H23N. The van der Waals surface area contributed by atoms with Gasteiger partial charge in [0.15, 0.2) is 0 Å². The summed E-state index contributed by atoms with van der Waals surface area (Å²) in [6, 6.07) is 0. The molecule has 1 saturated carbocycles. The Labute approximate surface area is 101 Å². The third-order valence-electron chi connectivity index (χ3n) is 4.01. The van der Waals surface area contributed by atoms with Crippen molar-refractivity contribution in [1.82, 2.24) is 4.90 Å². The van der Waals surface area contributed by atoms with Crippen molar-refractivity contribution in [3.05, 3.63) is 0 Å². The topological polar surface area (TPSA) is 3.24 Å². The van der Waals surface area contributed by atoms with Crippen molar-refractivity contribution < 1.29 is 0 Å². The minimum absolute atomic E-state index is 0.203. The van der Waals surface area contributed by atoms with E-state index in [-0.39, 0.29) is 5.54 Å². The van der Waals surface area contributed by atoms with E-state index in [9.17, 15) is 0 Å². The van der Waals surface area contributed by atoms with Gasteiger partial charge in [-0.15, -0.1) is 12.8 Å². The Morgan fingerprint density at radius 1 is 0.938 bits per heavy atom. The summed E-state index contributed by atoms with van der Waals surface area (Å²) in [5.74, 6) is 5.45. The molecule has 0 aliphatic heterocycles. The fraction of sp³-hybridized carbons (Fsp3) is 0.733. The highest BCUT2D eigenvalue weighted by molar-refractivity contribution is 5.03. The second-order valence-corrected chi connectivity index (χ2v) is 5.93. The largest absolute Gasteiger partial charge is 0.276 e. The van der Waals surface area contributed by atoms with Crippen molar-refractivity contribution in [3.63, 3.8) is 0 Å². The lowest BCUT2D eigenvalue weighted by Gasteiger charge is -2.47. The molecule has 0 bridgehead atoms. The average Bonchev–Trinajstić information content (AvgIpc) is 2.23. The van der Waals surface area contributed by atoms with Crippen molar-refractivity contribution in [2.45, 2.75) is 52.0 Å². The quantitative estimate of drug-likeness (QED) is 0.657. The third-order valence-corrected chi connectivity index (χ3v) is 4.01. The molecule has 1 nitrogen and oxygen atoms in total. The maximum atomic E-state index is 5.42. The van der Waals surface area contributed by atoms with Crippen LogP contribution in [0.2, 0.25) is 0 Å². The zero-order valence-corrected chi connectivity index (χ0v) is 10.8. The van der Waals surface area contributed by atoms with E-state index in [1.54, 1.807) is 0 Å². The Bertz CT molecular complexity index is 287. The monoisotopic (exact) mass is 217 g/mol. The molecule has 1 rings (SSSR count). The van der Waals surface area contributed by atoms with Crippen LogP contribution in [-0.4, -0.2) is 23.5 Å². The van der Waals surface area contributed by atoms with Crippen molar-refractivity contribution in [2.24, 2.45) is 5.41 Å². The fourth-order valence-electron chi connectivity index (χ4n) is 2.44. The van der Waals surface area contributed by atoms with Gasteiger partial charge in [0.2, 0.25) is 0 Å². The number of rotatable bonds is 3. The number of terminal acetylenes is 2. The summed E-state index contributed by atoms with van der Waals surface area (Å²) >= 11 is 0. The SMILES string of the molecule is C#CCN(CC#C)C1(C)CCC(C)(C)CC1. The van der Waals surface area contributed by atoms with E-state index in [1.807, 2.05) is 0 Å². The van der Waals surface area contributed by atoms with Crippen molar-refractivity contribution >= 4 is 0 Å². The van der Waals surface area contributed by atoms with E-state index in [2.05, 4.69) is 37.5 Å². The standard InChI is InChI=1S/C15H23N/c1-6-12-16(13-7-2)15(5)10-8-14(3,4)9-11-15/h1-2H,8-13H2,3-5H3. The van der Waals surface area contributed by atoms with Crippen molar-refractivity contribution in [2.75, 3.05) is 13.1 Å². The van der Waals surface area contributed by atoms with Gasteiger partial charge in [0, 0.05) is 5.54 Å². The van der Waals surface area contributed by atoms with E-state index < -0.39 is 0 Å². The van der Waals surface area contributed by atoms with Crippen LogP contribution >= 0.6 is 0 Å². The summed E-state index contributed by atoms with van der Waals surface area (Å²) in [7, 11) is 0. The van der Waals surface area contributed by atoms with Crippen LogP contribution < -0.4 is 0 Å². The van der Waals surface area contributed by atoms with Gasteiger partial charge in [-0.3, -0.25) is 4.90 Å². The Morgan fingerprint density at radius 3 is 1.75 bits per heavy atom. The summed E-state index contributed by atoms with van der Waals surface area (Å²) in [6.07, 6.45) is 15.8. The average molecular weight is 217 g/mol. The number of nitrogens with zero attached hydrogens (tertiary/aromatic N) is 1. The normalized spacial score (nSPS) is 22.4. The molecule has 1 aliphatic rings. The van der Waals surface area contributed by atoms with E-state index in [1.165, 1.54) is 25.7 Å². The second kappa shape index (κ2) is 4.94. The second-order valence-electron chi connectivity index (χ2n) is 5.93. The van der Waals surface area contributed by atoms with Gasteiger partial charge in [-0.1, -0.05) is 25.7 Å². The molecule has 1 fully saturated rings. The lowest BCUT2D eigenvalue weighted by molar-refractivity contribution is 0.0499. The van der Waals surface area contributed by atoms with Crippen LogP contribution in [0.1, 0.15) is 46.5 Å². The molecular weight excluding hydrogens is 194 g/mol. The predicted octanol–water partition coefficient (Wildman–Crippen LogP) is 2.91. The van der Waals surface area contributed by atoms with E-state index >= 15 is 0 Å². The lowest BCUT2D eigenvalue weighted by Crippen LogP contribution is -2.50. The van der Waals surface area contributed by atoms with Crippen LogP contribution in [0.5, 0.6) is 0 Å². The summed E-state index contributed by atoms with van der Waals surface area (Å²) in [5, 5.41) is 0. The molecule has 0 aromatic carbocycles. The molecule has 0 amide bonds. The van der Waals surface area contributed by atoms with Crippen LogP contribution in [0.25, 0.3) is 0 Å². The van der Waals surface area contributed by atoms with Crippen LogP contribution in [0.3, 0.4) is 0 Å². The molecule has 0 aromatic rings. The number of hydrogen-bond donors (Lipinski definition) is 0. The summed E-state index contributed by atoms with van der Waals surface area (Å²) in [6.45, 7) is 8.33. The molecule has 0 saturated heterocycles. The molecule has 0 radical (unpaired) electrons. The summed E-state index contributed by atoms with van der Waals surface area (Å²) < 4.78 is 0. The van der Waals surface area contributed by atoms with Gasteiger partial charge in [0.1, 0.15) is 0 Å². The Hall–Kier alpha value is -0.920. The minimum atomic E-state index is 0.203. The maximum Gasteiger partial charge on any atom is 0.0612 e. The predicted molar refractivity (Wildman–Crippen MR) is 69.9 cm³/mol. The zero-order valence-electron chi connectivity index (χ0n) is 10.8. The third kappa shape index (κ3) is 3.03. The first kappa shape index (κ1) is 13.1. The Morgan fingerprint density at radius 2 is 1.38 bits per heavy atom. The summed E-state index contributed by atoms with van der Waals surface area (Å²) in [5.41, 5.74) is 0.686.